The molecule has 0 radical (unpaired) electrons. The van der Waals surface area contributed by atoms with Crippen molar-refractivity contribution in [2.75, 3.05) is 19.6 Å². The van der Waals surface area contributed by atoms with Crippen molar-refractivity contribution in [3.05, 3.63) is 0 Å². The fourth-order valence-electron chi connectivity index (χ4n) is 3.30. The summed E-state index contributed by atoms with van der Waals surface area (Å²) in [5.41, 5.74) is 5.15. The number of hydrogen-bond donors (Lipinski definition) is 4. The summed E-state index contributed by atoms with van der Waals surface area (Å²) in [6, 6.07) is 0. The van der Waals surface area contributed by atoms with Crippen molar-refractivity contribution in [3.63, 3.8) is 0 Å². The van der Waals surface area contributed by atoms with Crippen LogP contribution in [-0.4, -0.2) is 58.3 Å². The second-order valence-electron chi connectivity index (χ2n) is 6.51. The number of nitrogens with zero attached hydrogens (tertiary/aromatic N) is 1. The summed E-state index contributed by atoms with van der Waals surface area (Å²) in [6.07, 6.45) is 7.67. The molecule has 0 aromatic heterocycles. The van der Waals surface area contributed by atoms with Gasteiger partial charge in [-0.15, -0.1) is 0 Å². The molecule has 2 aliphatic rings. The summed E-state index contributed by atoms with van der Waals surface area (Å²) in [5, 5.41) is 25.2. The van der Waals surface area contributed by atoms with Crippen molar-refractivity contribution in [1.82, 2.24) is 4.90 Å². The van der Waals surface area contributed by atoms with Gasteiger partial charge in [0.05, 0.1) is 0 Å². The molecule has 1 heterocycles. The first-order valence-electron chi connectivity index (χ1n) is 8.51. The van der Waals surface area contributed by atoms with Gasteiger partial charge in [-0.2, -0.15) is 0 Å². The Morgan fingerprint density at radius 2 is 1.86 bits per heavy atom. The minimum atomic E-state index is -1.12. The molecule has 2 fully saturated rings. The largest absolute Gasteiger partial charge is 0.480 e. The van der Waals surface area contributed by atoms with Crippen molar-refractivity contribution < 1.29 is 19.9 Å². The summed E-state index contributed by atoms with van der Waals surface area (Å²) < 4.78 is 0. The lowest BCUT2D eigenvalue weighted by molar-refractivity contribution is -0.147. The van der Waals surface area contributed by atoms with Crippen LogP contribution >= 0.6 is 0 Å². The first-order chi connectivity index (χ1) is 10.4. The number of likely N-dealkylation sites (tertiary alicyclic amines) is 1. The Morgan fingerprint density at radius 3 is 2.36 bits per heavy atom. The molecule has 5 N–H and O–H groups in total. The summed E-state index contributed by atoms with van der Waals surface area (Å²) in [7, 11) is -1.12. The zero-order valence-corrected chi connectivity index (χ0v) is 13.7. The van der Waals surface area contributed by atoms with Crippen LogP contribution in [0, 0.1) is 5.92 Å². The molecular formula is C15H31BN2O4. The molecule has 1 aliphatic carbocycles. The molecule has 2 rings (SSSR count). The van der Waals surface area contributed by atoms with Crippen molar-refractivity contribution in [1.29, 1.82) is 0 Å². The molecule has 128 valence electrons. The average Bonchev–Trinajstić information content (AvgIpc) is 3.00. The highest BCUT2D eigenvalue weighted by atomic mass is 16.4. The molecule has 1 saturated carbocycles. The van der Waals surface area contributed by atoms with E-state index in [4.69, 9.17) is 15.8 Å². The lowest BCUT2D eigenvalue weighted by Crippen LogP contribution is -2.56. The van der Waals surface area contributed by atoms with E-state index in [-0.39, 0.29) is 5.92 Å². The molecule has 2 atom stereocenters. The van der Waals surface area contributed by atoms with Gasteiger partial charge >= 0.3 is 13.1 Å². The highest BCUT2D eigenvalue weighted by Gasteiger charge is 2.43. The van der Waals surface area contributed by atoms with E-state index in [0.717, 1.165) is 32.2 Å². The fraction of sp³-hybridized carbons (Fsp3) is 0.933. The quantitative estimate of drug-likeness (QED) is 0.562. The van der Waals surface area contributed by atoms with Crippen molar-refractivity contribution in [3.8, 4) is 0 Å². The van der Waals surface area contributed by atoms with E-state index in [9.17, 15) is 9.90 Å². The zero-order chi connectivity index (χ0) is 16.6. The Balaban J connectivity index is 0.000000422. The van der Waals surface area contributed by atoms with Crippen LogP contribution in [0.3, 0.4) is 0 Å². The molecule has 22 heavy (non-hydrogen) atoms. The minimum absolute atomic E-state index is 0.161. The van der Waals surface area contributed by atoms with Crippen LogP contribution in [0.2, 0.25) is 6.32 Å². The van der Waals surface area contributed by atoms with Crippen LogP contribution < -0.4 is 5.73 Å². The number of carboxylic acid groups (broad SMARTS) is 1. The maximum Gasteiger partial charge on any atom is 0.451 e. The van der Waals surface area contributed by atoms with Gasteiger partial charge in [0.1, 0.15) is 5.54 Å². The van der Waals surface area contributed by atoms with Crippen molar-refractivity contribution in [2.24, 2.45) is 11.7 Å². The first-order valence-corrected chi connectivity index (χ1v) is 8.51. The van der Waals surface area contributed by atoms with Crippen LogP contribution in [0.25, 0.3) is 0 Å². The monoisotopic (exact) mass is 314 g/mol. The van der Waals surface area contributed by atoms with Crippen LogP contribution in [0.4, 0.5) is 0 Å². The number of aliphatic carboxylic acids is 1. The minimum Gasteiger partial charge on any atom is -0.480 e. The summed E-state index contributed by atoms with van der Waals surface area (Å²) in [6.45, 7) is 5.08. The molecule has 0 aromatic rings. The third-order valence-corrected chi connectivity index (χ3v) is 4.88. The second-order valence-corrected chi connectivity index (χ2v) is 6.51. The lowest BCUT2D eigenvalue weighted by atomic mass is 9.72. The molecular weight excluding hydrogens is 283 g/mol. The van der Waals surface area contributed by atoms with Gasteiger partial charge in [-0.05, 0) is 64.0 Å². The number of nitrogens with two attached hydrogens (primary N) is 1. The van der Waals surface area contributed by atoms with Gasteiger partial charge in [0.2, 0.25) is 0 Å². The van der Waals surface area contributed by atoms with Crippen molar-refractivity contribution in [2.45, 2.75) is 63.7 Å². The van der Waals surface area contributed by atoms with Crippen molar-refractivity contribution >= 4 is 13.1 Å². The SMILES string of the molecule is CCB(O)O.NC1(C(=O)O)CCCCC1CCN1CCCC1. The Bertz CT molecular complexity index is 338. The third kappa shape index (κ3) is 5.87. The van der Waals surface area contributed by atoms with Gasteiger partial charge < -0.3 is 25.8 Å². The average molecular weight is 314 g/mol. The zero-order valence-electron chi connectivity index (χ0n) is 13.7. The predicted octanol–water partition coefficient (Wildman–Crippen LogP) is 0.924. The Labute approximate surface area is 133 Å². The predicted molar refractivity (Wildman–Crippen MR) is 87.5 cm³/mol. The van der Waals surface area contributed by atoms with E-state index in [1.54, 1.807) is 6.92 Å². The van der Waals surface area contributed by atoms with E-state index in [1.165, 1.54) is 25.9 Å². The van der Waals surface area contributed by atoms with E-state index >= 15 is 0 Å². The maximum absolute atomic E-state index is 11.3. The summed E-state index contributed by atoms with van der Waals surface area (Å²) in [4.78, 5) is 13.8. The first kappa shape index (κ1) is 19.4. The lowest BCUT2D eigenvalue weighted by Gasteiger charge is -2.38. The molecule has 6 nitrogen and oxygen atoms in total. The number of carboxylic acids is 1. The van der Waals surface area contributed by atoms with Gasteiger partial charge in [0.25, 0.3) is 0 Å². The summed E-state index contributed by atoms with van der Waals surface area (Å²) in [5.74, 6) is -0.641. The topological polar surface area (TPSA) is 107 Å². The molecule has 7 heteroatoms. The van der Waals surface area contributed by atoms with Crippen LogP contribution in [0.5, 0.6) is 0 Å². The Morgan fingerprint density at radius 1 is 1.27 bits per heavy atom. The number of rotatable bonds is 5. The second kappa shape index (κ2) is 9.50. The van der Waals surface area contributed by atoms with Crippen LogP contribution in [0.15, 0.2) is 0 Å². The highest BCUT2D eigenvalue weighted by molar-refractivity contribution is 6.40. The van der Waals surface area contributed by atoms with Gasteiger partial charge in [-0.3, -0.25) is 4.79 Å². The van der Waals surface area contributed by atoms with Crippen LogP contribution in [0.1, 0.15) is 51.9 Å². The van der Waals surface area contributed by atoms with Gasteiger partial charge in [0, 0.05) is 0 Å². The standard InChI is InChI=1S/C13H24N2O2.C2H7BO2/c14-13(12(16)17)7-2-1-5-11(13)6-10-15-8-3-4-9-15;1-2-3(4)5/h11H,1-10,14H2,(H,16,17);4-5H,2H2,1H3. The molecule has 1 aliphatic heterocycles. The van der Waals surface area contributed by atoms with E-state index in [1.807, 2.05) is 0 Å². The molecule has 0 spiro atoms. The highest BCUT2D eigenvalue weighted by Crippen LogP contribution is 2.34. The third-order valence-electron chi connectivity index (χ3n) is 4.88. The normalized spacial score (nSPS) is 28.8. The fourth-order valence-corrected chi connectivity index (χ4v) is 3.30. The number of carbonyl (C=O) groups is 1. The smallest absolute Gasteiger partial charge is 0.451 e. The molecule has 0 amide bonds. The van der Waals surface area contributed by atoms with E-state index < -0.39 is 18.6 Å². The Kier molecular flexibility index (Phi) is 8.39. The van der Waals surface area contributed by atoms with Gasteiger partial charge in [0.15, 0.2) is 0 Å². The molecule has 1 saturated heterocycles. The maximum atomic E-state index is 11.3. The van der Waals surface area contributed by atoms with Crippen LogP contribution in [-0.2, 0) is 4.79 Å². The van der Waals surface area contributed by atoms with Gasteiger partial charge in [-0.1, -0.05) is 19.8 Å². The van der Waals surface area contributed by atoms with E-state index in [2.05, 4.69) is 4.90 Å². The number of hydrogen-bond acceptors (Lipinski definition) is 5. The van der Waals surface area contributed by atoms with Gasteiger partial charge in [-0.25, -0.2) is 0 Å². The molecule has 0 aromatic carbocycles. The molecule has 0 bridgehead atoms. The van der Waals surface area contributed by atoms with E-state index in [0.29, 0.717) is 12.7 Å². The Hall–Kier alpha value is -0.625. The molecule has 2 unspecified atom stereocenters. The summed E-state index contributed by atoms with van der Waals surface area (Å²) >= 11 is 0.